The first-order valence-electron chi connectivity index (χ1n) is 10.5. The Morgan fingerprint density at radius 2 is 1.90 bits per heavy atom. The van der Waals surface area contributed by atoms with Gasteiger partial charge in [-0.25, -0.2) is 8.42 Å². The van der Waals surface area contributed by atoms with E-state index in [0.717, 1.165) is 37.8 Å². The number of likely N-dealkylation sites (tertiary alicyclic amines) is 1. The van der Waals surface area contributed by atoms with Crippen LogP contribution in [0.15, 0.2) is 29.3 Å². The predicted molar refractivity (Wildman–Crippen MR) is 133 cm³/mol. The van der Waals surface area contributed by atoms with E-state index in [9.17, 15) is 8.42 Å². The Bertz CT molecular complexity index is 780. The summed E-state index contributed by atoms with van der Waals surface area (Å²) in [5.41, 5.74) is 1.26. The lowest BCUT2D eigenvalue weighted by molar-refractivity contribution is 0.164. The first kappa shape index (κ1) is 25.2. The van der Waals surface area contributed by atoms with Crippen molar-refractivity contribution < 1.29 is 13.2 Å². The van der Waals surface area contributed by atoms with Crippen LogP contribution in [0.2, 0.25) is 0 Å². The van der Waals surface area contributed by atoms with Gasteiger partial charge >= 0.3 is 0 Å². The summed E-state index contributed by atoms with van der Waals surface area (Å²) in [6.07, 6.45) is 4.49. The minimum Gasteiger partial charge on any atom is -0.497 e. The molecule has 2 N–H and O–H groups in total. The molecule has 0 bridgehead atoms. The van der Waals surface area contributed by atoms with E-state index in [1.165, 1.54) is 24.8 Å². The van der Waals surface area contributed by atoms with E-state index in [0.29, 0.717) is 12.3 Å². The van der Waals surface area contributed by atoms with Crippen molar-refractivity contribution in [3.8, 4) is 5.75 Å². The summed E-state index contributed by atoms with van der Waals surface area (Å²) in [6.45, 7) is 3.58. The summed E-state index contributed by atoms with van der Waals surface area (Å²) in [7, 11) is 0.589. The zero-order valence-corrected chi connectivity index (χ0v) is 21.1. The summed E-state index contributed by atoms with van der Waals surface area (Å²) in [5.74, 6) is 2.34. The smallest absolute Gasteiger partial charge is 0.191 e. The minimum atomic E-state index is -2.85. The fourth-order valence-corrected chi connectivity index (χ4v) is 6.06. The number of methoxy groups -OCH3 is 1. The number of ether oxygens (including phenoxy) is 1. The first-order chi connectivity index (χ1) is 14.0. The van der Waals surface area contributed by atoms with Crippen LogP contribution < -0.4 is 15.4 Å². The molecule has 2 atom stereocenters. The molecule has 3 rings (SSSR count). The molecule has 2 aliphatic heterocycles. The normalized spacial score (nSPS) is 22.7. The Balaban J connectivity index is 0.00000320. The van der Waals surface area contributed by atoms with Crippen molar-refractivity contribution in [1.29, 1.82) is 0 Å². The van der Waals surface area contributed by atoms with Crippen LogP contribution in [-0.4, -0.2) is 71.1 Å². The highest BCUT2D eigenvalue weighted by Crippen LogP contribution is 2.26. The van der Waals surface area contributed by atoms with Gasteiger partial charge in [-0.3, -0.25) is 9.89 Å². The standard InChI is InChI=1S/C21H34N4O3S.HI/c1-22-21(23-14-17-10-13-29(26,27)16-17)24-15-20(25-11-4-3-5-12-25)18-6-8-19(28-2)9-7-18;/h6-9,17,20H,3-5,10-16H2,1-2H3,(H2,22,23,24);1H. The lowest BCUT2D eigenvalue weighted by atomic mass is 10.0. The molecule has 2 saturated heterocycles. The lowest BCUT2D eigenvalue weighted by Crippen LogP contribution is -2.45. The highest BCUT2D eigenvalue weighted by atomic mass is 127. The van der Waals surface area contributed by atoms with Crippen LogP contribution in [0.5, 0.6) is 5.75 Å². The average molecular weight is 551 g/mol. The Morgan fingerprint density at radius 1 is 1.20 bits per heavy atom. The molecule has 2 aliphatic rings. The molecule has 2 heterocycles. The number of guanidine groups is 1. The van der Waals surface area contributed by atoms with Crippen molar-refractivity contribution in [3.63, 3.8) is 0 Å². The summed E-state index contributed by atoms with van der Waals surface area (Å²) in [4.78, 5) is 6.87. The first-order valence-corrected chi connectivity index (χ1v) is 12.4. The third kappa shape index (κ3) is 7.26. The molecule has 0 amide bonds. The molecule has 0 saturated carbocycles. The van der Waals surface area contributed by atoms with Crippen molar-refractivity contribution in [3.05, 3.63) is 29.8 Å². The zero-order valence-electron chi connectivity index (χ0n) is 18.0. The van der Waals surface area contributed by atoms with E-state index < -0.39 is 9.84 Å². The van der Waals surface area contributed by atoms with Gasteiger partial charge in [0.15, 0.2) is 15.8 Å². The van der Waals surface area contributed by atoms with Crippen molar-refractivity contribution >= 4 is 39.8 Å². The van der Waals surface area contributed by atoms with Crippen molar-refractivity contribution in [2.75, 3.05) is 51.8 Å². The average Bonchev–Trinajstić information content (AvgIpc) is 3.10. The van der Waals surface area contributed by atoms with Crippen LogP contribution in [0.1, 0.15) is 37.3 Å². The number of piperidine rings is 1. The number of halogens is 1. The molecular weight excluding hydrogens is 515 g/mol. The van der Waals surface area contributed by atoms with Gasteiger partial charge in [0.05, 0.1) is 24.7 Å². The molecule has 2 unspecified atom stereocenters. The molecule has 170 valence electrons. The zero-order chi connectivity index (χ0) is 20.7. The third-order valence-electron chi connectivity index (χ3n) is 5.90. The van der Waals surface area contributed by atoms with Gasteiger partial charge < -0.3 is 15.4 Å². The van der Waals surface area contributed by atoms with Crippen LogP contribution in [0, 0.1) is 5.92 Å². The van der Waals surface area contributed by atoms with Crippen LogP contribution in [0.3, 0.4) is 0 Å². The van der Waals surface area contributed by atoms with Gasteiger partial charge in [-0.2, -0.15) is 0 Å². The van der Waals surface area contributed by atoms with Gasteiger partial charge in [0.25, 0.3) is 0 Å². The lowest BCUT2D eigenvalue weighted by Gasteiger charge is -2.35. The van der Waals surface area contributed by atoms with Crippen LogP contribution in [-0.2, 0) is 9.84 Å². The van der Waals surface area contributed by atoms with E-state index in [1.807, 2.05) is 12.1 Å². The number of sulfone groups is 1. The molecule has 0 aromatic heterocycles. The molecule has 2 fully saturated rings. The highest BCUT2D eigenvalue weighted by molar-refractivity contribution is 14.0. The molecule has 0 radical (unpaired) electrons. The number of nitrogens with one attached hydrogen (secondary N) is 2. The molecule has 1 aromatic carbocycles. The monoisotopic (exact) mass is 550 g/mol. The Kier molecular flexibility index (Phi) is 10.2. The summed E-state index contributed by atoms with van der Waals surface area (Å²) < 4.78 is 28.6. The van der Waals surface area contributed by atoms with E-state index >= 15 is 0 Å². The number of nitrogens with zero attached hydrogens (tertiary/aromatic N) is 2. The van der Waals surface area contributed by atoms with Crippen LogP contribution >= 0.6 is 24.0 Å². The van der Waals surface area contributed by atoms with Gasteiger partial charge in [-0.1, -0.05) is 18.6 Å². The second-order valence-electron chi connectivity index (χ2n) is 7.99. The van der Waals surface area contributed by atoms with E-state index in [4.69, 9.17) is 4.74 Å². The van der Waals surface area contributed by atoms with Gasteiger partial charge in [-0.05, 0) is 56.0 Å². The predicted octanol–water partition coefficient (Wildman–Crippen LogP) is 2.44. The number of benzene rings is 1. The Morgan fingerprint density at radius 3 is 2.47 bits per heavy atom. The Labute approximate surface area is 198 Å². The van der Waals surface area contributed by atoms with Crippen molar-refractivity contribution in [2.24, 2.45) is 10.9 Å². The summed E-state index contributed by atoms with van der Waals surface area (Å²) >= 11 is 0. The van der Waals surface area contributed by atoms with Crippen molar-refractivity contribution in [2.45, 2.75) is 31.7 Å². The topological polar surface area (TPSA) is 83.0 Å². The van der Waals surface area contributed by atoms with E-state index in [-0.39, 0.29) is 41.7 Å². The molecule has 9 heteroatoms. The van der Waals surface area contributed by atoms with Crippen LogP contribution in [0.25, 0.3) is 0 Å². The second-order valence-corrected chi connectivity index (χ2v) is 10.2. The summed E-state index contributed by atoms with van der Waals surface area (Å²) in [5, 5.41) is 6.77. The molecule has 7 nitrogen and oxygen atoms in total. The van der Waals surface area contributed by atoms with Crippen molar-refractivity contribution in [1.82, 2.24) is 15.5 Å². The fourth-order valence-electron chi connectivity index (χ4n) is 4.20. The molecular formula is C21H35IN4O3S. The second kappa shape index (κ2) is 12.1. The van der Waals surface area contributed by atoms with E-state index in [1.54, 1.807) is 14.2 Å². The number of hydrogen-bond acceptors (Lipinski definition) is 5. The maximum Gasteiger partial charge on any atom is 0.191 e. The molecule has 0 aliphatic carbocycles. The largest absolute Gasteiger partial charge is 0.497 e. The van der Waals surface area contributed by atoms with Gasteiger partial charge in [-0.15, -0.1) is 24.0 Å². The van der Waals surface area contributed by atoms with Gasteiger partial charge in [0.1, 0.15) is 5.75 Å². The molecule has 1 aromatic rings. The summed E-state index contributed by atoms with van der Waals surface area (Å²) in [6, 6.07) is 8.56. The quantitative estimate of drug-likeness (QED) is 0.309. The number of rotatable bonds is 7. The molecule has 30 heavy (non-hydrogen) atoms. The maximum atomic E-state index is 11.7. The number of aliphatic imine (C=N–C) groups is 1. The minimum absolute atomic E-state index is 0. The van der Waals surface area contributed by atoms with Crippen LogP contribution in [0.4, 0.5) is 0 Å². The fraction of sp³-hybridized carbons (Fsp3) is 0.667. The number of hydrogen-bond donors (Lipinski definition) is 2. The highest BCUT2D eigenvalue weighted by Gasteiger charge is 2.28. The van der Waals surface area contributed by atoms with Gasteiger partial charge in [0.2, 0.25) is 0 Å². The molecule has 0 spiro atoms. The van der Waals surface area contributed by atoms with E-state index in [2.05, 4.69) is 32.7 Å². The SMILES string of the molecule is CN=C(NCC1CCS(=O)(=O)C1)NCC(c1ccc(OC)cc1)N1CCCCC1.I. The van der Waals surface area contributed by atoms with Gasteiger partial charge in [0, 0.05) is 20.1 Å². The Hall–Kier alpha value is -1.07. The maximum absolute atomic E-state index is 11.7. The third-order valence-corrected chi connectivity index (χ3v) is 7.74.